The van der Waals surface area contributed by atoms with Crippen LogP contribution in [-0.2, 0) is 0 Å². The fourth-order valence-electron chi connectivity index (χ4n) is 0.968. The van der Waals surface area contributed by atoms with Gasteiger partial charge in [0.15, 0.2) is 0 Å². The van der Waals surface area contributed by atoms with Crippen molar-refractivity contribution >= 4 is 35.0 Å². The first-order valence-electron chi connectivity index (χ1n) is 4.46. The quantitative estimate of drug-likeness (QED) is 0.495. The molecular formula is C11H11Cl2NS. The average molecular weight is 260 g/mol. The van der Waals surface area contributed by atoms with Crippen molar-refractivity contribution in [1.29, 1.82) is 0 Å². The Morgan fingerprint density at radius 1 is 1.33 bits per heavy atom. The molecule has 0 spiro atoms. The maximum absolute atomic E-state index is 5.89. The molecule has 1 rings (SSSR count). The zero-order chi connectivity index (χ0) is 11.1. The summed E-state index contributed by atoms with van der Waals surface area (Å²) < 4.78 is 0. The highest BCUT2D eigenvalue weighted by Gasteiger charge is 1.99. The highest BCUT2D eigenvalue weighted by Crippen LogP contribution is 2.27. The van der Waals surface area contributed by atoms with Crippen molar-refractivity contribution in [1.82, 2.24) is 5.32 Å². The van der Waals surface area contributed by atoms with Crippen molar-refractivity contribution in [3.05, 3.63) is 28.2 Å². The highest BCUT2D eigenvalue weighted by molar-refractivity contribution is 7.99. The van der Waals surface area contributed by atoms with Gasteiger partial charge in [0, 0.05) is 17.2 Å². The Balaban J connectivity index is 2.32. The smallest absolute Gasteiger partial charge is 0.0603 e. The Bertz CT molecular complexity index is 360. The summed E-state index contributed by atoms with van der Waals surface area (Å²) in [6, 6.07) is 5.64. The molecule has 0 saturated heterocycles. The van der Waals surface area contributed by atoms with E-state index in [-0.39, 0.29) is 0 Å². The van der Waals surface area contributed by atoms with Gasteiger partial charge in [0.2, 0.25) is 0 Å². The van der Waals surface area contributed by atoms with Crippen LogP contribution in [0, 0.1) is 12.3 Å². The monoisotopic (exact) mass is 259 g/mol. The fraction of sp³-hybridized carbons (Fsp3) is 0.273. The van der Waals surface area contributed by atoms with Crippen LogP contribution in [0.25, 0.3) is 0 Å². The van der Waals surface area contributed by atoms with E-state index in [1.54, 1.807) is 17.8 Å². The second-order valence-electron chi connectivity index (χ2n) is 2.81. The van der Waals surface area contributed by atoms with Gasteiger partial charge in [0.05, 0.1) is 16.6 Å². The van der Waals surface area contributed by atoms with E-state index >= 15 is 0 Å². The minimum atomic E-state index is 0.589. The molecule has 1 aromatic rings. The number of hydrogen-bond acceptors (Lipinski definition) is 2. The molecule has 0 amide bonds. The van der Waals surface area contributed by atoms with E-state index in [1.807, 2.05) is 12.1 Å². The summed E-state index contributed by atoms with van der Waals surface area (Å²) in [5.74, 6) is 3.48. The van der Waals surface area contributed by atoms with Gasteiger partial charge in [-0.05, 0) is 18.2 Å². The molecule has 0 aliphatic carbocycles. The van der Waals surface area contributed by atoms with Crippen LogP contribution in [0.1, 0.15) is 0 Å². The molecule has 80 valence electrons. The van der Waals surface area contributed by atoms with Crippen molar-refractivity contribution in [2.45, 2.75) is 4.90 Å². The standard InChI is InChI=1S/C11H11Cl2NS/c1-2-5-14-6-7-15-9-3-4-10(12)11(13)8-9/h1,3-4,8,14H,5-7H2. The molecule has 0 aliphatic heterocycles. The lowest BCUT2D eigenvalue weighted by atomic mass is 10.4. The van der Waals surface area contributed by atoms with Crippen LogP contribution < -0.4 is 5.32 Å². The van der Waals surface area contributed by atoms with Gasteiger partial charge in [-0.15, -0.1) is 18.2 Å². The molecule has 1 nitrogen and oxygen atoms in total. The maximum atomic E-state index is 5.89. The number of terminal acetylenes is 1. The molecule has 0 unspecified atom stereocenters. The summed E-state index contributed by atoms with van der Waals surface area (Å²) in [6.45, 7) is 1.50. The lowest BCUT2D eigenvalue weighted by molar-refractivity contribution is 0.818. The summed E-state index contributed by atoms with van der Waals surface area (Å²) in [6.07, 6.45) is 5.11. The summed E-state index contributed by atoms with van der Waals surface area (Å²) >= 11 is 13.4. The lowest BCUT2D eigenvalue weighted by Crippen LogP contribution is -2.16. The van der Waals surface area contributed by atoms with E-state index in [9.17, 15) is 0 Å². The van der Waals surface area contributed by atoms with E-state index < -0.39 is 0 Å². The van der Waals surface area contributed by atoms with Crippen LogP contribution in [0.4, 0.5) is 0 Å². The Hall–Kier alpha value is -0.330. The molecule has 0 bridgehead atoms. The van der Waals surface area contributed by atoms with E-state index in [2.05, 4.69) is 11.2 Å². The molecule has 0 heterocycles. The van der Waals surface area contributed by atoms with Crippen molar-refractivity contribution in [3.63, 3.8) is 0 Å². The summed E-state index contributed by atoms with van der Waals surface area (Å²) in [4.78, 5) is 1.12. The molecule has 0 radical (unpaired) electrons. The van der Waals surface area contributed by atoms with Gasteiger partial charge in [-0.1, -0.05) is 29.1 Å². The van der Waals surface area contributed by atoms with Gasteiger partial charge in [-0.25, -0.2) is 0 Å². The number of benzene rings is 1. The second-order valence-corrected chi connectivity index (χ2v) is 4.79. The van der Waals surface area contributed by atoms with E-state index in [0.717, 1.165) is 17.2 Å². The molecule has 15 heavy (non-hydrogen) atoms. The minimum Gasteiger partial charge on any atom is -0.305 e. The largest absolute Gasteiger partial charge is 0.305 e. The number of halogens is 2. The molecule has 4 heteroatoms. The molecule has 0 atom stereocenters. The van der Waals surface area contributed by atoms with Gasteiger partial charge in [-0.2, -0.15) is 0 Å². The topological polar surface area (TPSA) is 12.0 Å². The third kappa shape index (κ3) is 4.81. The lowest BCUT2D eigenvalue weighted by Gasteiger charge is -2.03. The molecule has 0 fully saturated rings. The van der Waals surface area contributed by atoms with Gasteiger partial charge in [0.1, 0.15) is 0 Å². The van der Waals surface area contributed by atoms with Crippen LogP contribution in [0.3, 0.4) is 0 Å². The summed E-state index contributed by atoms with van der Waals surface area (Å²) in [5, 5.41) is 4.30. The minimum absolute atomic E-state index is 0.589. The second kappa shape index (κ2) is 7.03. The Morgan fingerprint density at radius 3 is 2.80 bits per heavy atom. The van der Waals surface area contributed by atoms with Crippen LogP contribution in [-0.4, -0.2) is 18.8 Å². The summed E-state index contributed by atoms with van der Waals surface area (Å²) in [5.41, 5.74) is 0. The van der Waals surface area contributed by atoms with Crippen LogP contribution in [0.2, 0.25) is 10.0 Å². The van der Waals surface area contributed by atoms with Gasteiger partial charge in [-0.3, -0.25) is 0 Å². The van der Waals surface area contributed by atoms with Gasteiger partial charge < -0.3 is 5.32 Å². The van der Waals surface area contributed by atoms with Gasteiger partial charge >= 0.3 is 0 Å². The molecule has 1 N–H and O–H groups in total. The number of thioether (sulfide) groups is 1. The third-order valence-corrected chi connectivity index (χ3v) is 3.40. The molecule has 0 saturated carbocycles. The fourth-order valence-corrected chi connectivity index (χ4v) is 2.18. The number of rotatable bonds is 5. The predicted octanol–water partition coefficient (Wildman–Crippen LogP) is 3.31. The third-order valence-electron chi connectivity index (χ3n) is 1.67. The summed E-state index contributed by atoms with van der Waals surface area (Å²) in [7, 11) is 0. The first-order chi connectivity index (χ1) is 7.24. The normalized spacial score (nSPS) is 9.93. The maximum Gasteiger partial charge on any atom is 0.0603 e. The Labute approximate surface area is 105 Å². The van der Waals surface area contributed by atoms with Crippen molar-refractivity contribution in [2.24, 2.45) is 0 Å². The van der Waals surface area contributed by atoms with E-state index in [4.69, 9.17) is 29.6 Å². The Kier molecular flexibility index (Phi) is 5.97. The number of hydrogen-bond donors (Lipinski definition) is 1. The SMILES string of the molecule is C#CCNCCSc1ccc(Cl)c(Cl)c1. The first kappa shape index (κ1) is 12.7. The molecular weight excluding hydrogens is 249 g/mol. The predicted molar refractivity (Wildman–Crippen MR) is 68.9 cm³/mol. The zero-order valence-electron chi connectivity index (χ0n) is 8.09. The highest BCUT2D eigenvalue weighted by atomic mass is 35.5. The van der Waals surface area contributed by atoms with Crippen molar-refractivity contribution < 1.29 is 0 Å². The average Bonchev–Trinajstić information content (AvgIpc) is 2.23. The van der Waals surface area contributed by atoms with Crippen LogP contribution >= 0.6 is 35.0 Å². The Morgan fingerprint density at radius 2 is 2.13 bits per heavy atom. The molecule has 1 aromatic carbocycles. The van der Waals surface area contributed by atoms with E-state index in [0.29, 0.717) is 16.6 Å². The van der Waals surface area contributed by atoms with Crippen LogP contribution in [0.15, 0.2) is 23.1 Å². The molecule has 0 aromatic heterocycles. The van der Waals surface area contributed by atoms with Crippen molar-refractivity contribution in [2.75, 3.05) is 18.8 Å². The van der Waals surface area contributed by atoms with E-state index in [1.165, 1.54) is 0 Å². The van der Waals surface area contributed by atoms with Crippen molar-refractivity contribution in [3.8, 4) is 12.3 Å². The first-order valence-corrected chi connectivity index (χ1v) is 6.20. The number of nitrogens with one attached hydrogen (secondary N) is 1. The molecule has 0 aliphatic rings. The zero-order valence-corrected chi connectivity index (χ0v) is 10.4. The van der Waals surface area contributed by atoms with Crippen LogP contribution in [0.5, 0.6) is 0 Å². The van der Waals surface area contributed by atoms with Gasteiger partial charge in [0.25, 0.3) is 0 Å².